The Balaban J connectivity index is 1.61. The minimum absolute atomic E-state index is 0.0262. The van der Waals surface area contributed by atoms with Crippen LogP contribution in [0.3, 0.4) is 0 Å². The summed E-state index contributed by atoms with van der Waals surface area (Å²) >= 11 is 0. The summed E-state index contributed by atoms with van der Waals surface area (Å²) in [5, 5.41) is 7.23. The van der Waals surface area contributed by atoms with E-state index in [4.69, 9.17) is 0 Å². The number of benzene rings is 1. The van der Waals surface area contributed by atoms with Crippen molar-refractivity contribution in [2.75, 3.05) is 18.4 Å². The van der Waals surface area contributed by atoms with Crippen LogP contribution in [0.15, 0.2) is 36.4 Å². The van der Waals surface area contributed by atoms with Gasteiger partial charge in [0.05, 0.1) is 5.69 Å². The van der Waals surface area contributed by atoms with E-state index in [-0.39, 0.29) is 6.03 Å². The minimum atomic E-state index is -0.0262. The highest BCUT2D eigenvalue weighted by Crippen LogP contribution is 2.28. The second kappa shape index (κ2) is 6.86. The molecule has 1 aromatic carbocycles. The van der Waals surface area contributed by atoms with E-state index in [0.29, 0.717) is 5.92 Å². The zero-order valence-electron chi connectivity index (χ0n) is 13.8. The standard InChI is InChI=1S/C18H24N4O/c1-14-13-17(21(2)20-14)19-18(23)22-11-6-9-16(10-12-22)15-7-4-3-5-8-15/h3-5,7-8,13,16H,6,9-12H2,1-2H3,(H,19,23)/t16-/m0/s1. The second-order valence-electron chi connectivity index (χ2n) is 6.25. The van der Waals surface area contributed by atoms with Gasteiger partial charge in [-0.3, -0.25) is 10.00 Å². The first-order valence-electron chi connectivity index (χ1n) is 8.25. The highest BCUT2D eigenvalue weighted by molar-refractivity contribution is 5.88. The molecule has 1 aliphatic heterocycles. The van der Waals surface area contributed by atoms with Crippen LogP contribution in [0.2, 0.25) is 0 Å². The third-order valence-electron chi connectivity index (χ3n) is 4.52. The first-order valence-corrected chi connectivity index (χ1v) is 8.25. The van der Waals surface area contributed by atoms with Gasteiger partial charge >= 0.3 is 6.03 Å². The van der Waals surface area contributed by atoms with Gasteiger partial charge in [0.25, 0.3) is 0 Å². The molecule has 0 spiro atoms. The van der Waals surface area contributed by atoms with E-state index in [2.05, 4.69) is 40.7 Å². The number of carbonyl (C=O) groups excluding carboxylic acids is 1. The zero-order chi connectivity index (χ0) is 16.2. The predicted octanol–water partition coefficient (Wildman–Crippen LogP) is 3.53. The molecule has 0 radical (unpaired) electrons. The summed E-state index contributed by atoms with van der Waals surface area (Å²) in [6.45, 7) is 3.53. The lowest BCUT2D eigenvalue weighted by Gasteiger charge is -2.21. The maximum absolute atomic E-state index is 12.5. The van der Waals surface area contributed by atoms with Crippen LogP contribution >= 0.6 is 0 Å². The summed E-state index contributed by atoms with van der Waals surface area (Å²) in [4.78, 5) is 14.4. The Hall–Kier alpha value is -2.30. The van der Waals surface area contributed by atoms with E-state index < -0.39 is 0 Å². The Labute approximate surface area is 137 Å². The molecule has 0 unspecified atom stereocenters. The van der Waals surface area contributed by atoms with E-state index >= 15 is 0 Å². The van der Waals surface area contributed by atoms with Crippen LogP contribution in [0, 0.1) is 6.92 Å². The Bertz CT molecular complexity index is 665. The molecular formula is C18H24N4O. The molecular weight excluding hydrogens is 288 g/mol. The summed E-state index contributed by atoms with van der Waals surface area (Å²) in [7, 11) is 1.84. The number of anilines is 1. The Kier molecular flexibility index (Phi) is 4.65. The van der Waals surface area contributed by atoms with Crippen molar-refractivity contribution in [1.29, 1.82) is 0 Å². The summed E-state index contributed by atoms with van der Waals surface area (Å²) < 4.78 is 1.71. The number of carbonyl (C=O) groups is 1. The maximum Gasteiger partial charge on any atom is 0.322 e. The molecule has 1 N–H and O–H groups in total. The van der Waals surface area contributed by atoms with Gasteiger partial charge in [-0.15, -0.1) is 0 Å². The maximum atomic E-state index is 12.5. The third-order valence-corrected chi connectivity index (χ3v) is 4.52. The lowest BCUT2D eigenvalue weighted by Crippen LogP contribution is -2.36. The molecule has 122 valence electrons. The number of nitrogens with zero attached hydrogens (tertiary/aromatic N) is 3. The molecule has 1 saturated heterocycles. The van der Waals surface area contributed by atoms with Crippen molar-refractivity contribution in [1.82, 2.24) is 14.7 Å². The van der Waals surface area contributed by atoms with Gasteiger partial charge < -0.3 is 4.90 Å². The molecule has 5 nitrogen and oxygen atoms in total. The summed E-state index contributed by atoms with van der Waals surface area (Å²) in [6.07, 6.45) is 3.19. The number of amides is 2. The monoisotopic (exact) mass is 312 g/mol. The molecule has 5 heteroatoms. The highest BCUT2D eigenvalue weighted by atomic mass is 16.2. The van der Waals surface area contributed by atoms with Crippen LogP contribution in [0.1, 0.15) is 36.4 Å². The van der Waals surface area contributed by atoms with Crippen LogP contribution in [-0.4, -0.2) is 33.8 Å². The van der Waals surface area contributed by atoms with E-state index in [1.54, 1.807) is 4.68 Å². The first kappa shape index (κ1) is 15.6. The predicted molar refractivity (Wildman–Crippen MR) is 91.6 cm³/mol. The summed E-state index contributed by atoms with van der Waals surface area (Å²) in [5.41, 5.74) is 2.29. The average Bonchev–Trinajstić information content (AvgIpc) is 2.76. The summed E-state index contributed by atoms with van der Waals surface area (Å²) in [6, 6.07) is 12.5. The molecule has 3 rings (SSSR count). The van der Waals surface area contributed by atoms with Crippen LogP contribution in [0.25, 0.3) is 0 Å². The van der Waals surface area contributed by atoms with E-state index in [9.17, 15) is 4.79 Å². The topological polar surface area (TPSA) is 50.2 Å². The van der Waals surface area contributed by atoms with Gasteiger partial charge in [-0.1, -0.05) is 30.3 Å². The molecule has 23 heavy (non-hydrogen) atoms. The van der Waals surface area contributed by atoms with Crippen molar-refractivity contribution in [3.05, 3.63) is 47.7 Å². The van der Waals surface area contributed by atoms with E-state index in [0.717, 1.165) is 43.9 Å². The first-order chi connectivity index (χ1) is 11.1. The van der Waals surface area contributed by atoms with Crippen molar-refractivity contribution in [2.45, 2.75) is 32.1 Å². The van der Waals surface area contributed by atoms with E-state index in [1.807, 2.05) is 24.9 Å². The molecule has 2 aromatic rings. The van der Waals surface area contributed by atoms with Crippen molar-refractivity contribution in [2.24, 2.45) is 7.05 Å². The van der Waals surface area contributed by atoms with Crippen LogP contribution < -0.4 is 5.32 Å². The number of likely N-dealkylation sites (tertiary alicyclic amines) is 1. The van der Waals surface area contributed by atoms with Gasteiger partial charge in [-0.05, 0) is 37.7 Å². The van der Waals surface area contributed by atoms with Crippen LogP contribution in [0.4, 0.5) is 10.6 Å². The highest BCUT2D eigenvalue weighted by Gasteiger charge is 2.22. The lowest BCUT2D eigenvalue weighted by molar-refractivity contribution is 0.213. The SMILES string of the molecule is Cc1cc(NC(=O)N2CCC[C@H](c3ccccc3)CC2)n(C)n1. The molecule has 2 heterocycles. The number of aromatic nitrogens is 2. The van der Waals surface area contributed by atoms with Gasteiger partial charge in [-0.2, -0.15) is 5.10 Å². The van der Waals surface area contributed by atoms with Gasteiger partial charge in [-0.25, -0.2) is 4.79 Å². The van der Waals surface area contributed by atoms with Crippen molar-refractivity contribution in [3.63, 3.8) is 0 Å². The molecule has 0 bridgehead atoms. The molecule has 1 fully saturated rings. The van der Waals surface area contributed by atoms with Gasteiger partial charge in [0.1, 0.15) is 5.82 Å². The van der Waals surface area contributed by atoms with Crippen molar-refractivity contribution >= 4 is 11.8 Å². The number of nitrogens with one attached hydrogen (secondary N) is 1. The fourth-order valence-electron chi connectivity index (χ4n) is 3.27. The average molecular weight is 312 g/mol. The fourth-order valence-corrected chi connectivity index (χ4v) is 3.27. The number of rotatable bonds is 2. The number of aryl methyl sites for hydroxylation is 2. The molecule has 0 saturated carbocycles. The Morgan fingerprint density at radius 2 is 2.00 bits per heavy atom. The smallest absolute Gasteiger partial charge is 0.322 e. The molecule has 0 aliphatic carbocycles. The lowest BCUT2D eigenvalue weighted by atomic mass is 9.92. The molecule has 1 atom stereocenters. The van der Waals surface area contributed by atoms with Gasteiger partial charge in [0.15, 0.2) is 0 Å². The Morgan fingerprint density at radius 3 is 2.70 bits per heavy atom. The largest absolute Gasteiger partial charge is 0.324 e. The zero-order valence-corrected chi connectivity index (χ0v) is 13.8. The van der Waals surface area contributed by atoms with Gasteiger partial charge in [0.2, 0.25) is 0 Å². The number of hydrogen-bond acceptors (Lipinski definition) is 2. The minimum Gasteiger partial charge on any atom is -0.324 e. The normalized spacial score (nSPS) is 18.5. The van der Waals surface area contributed by atoms with Crippen molar-refractivity contribution < 1.29 is 4.79 Å². The van der Waals surface area contributed by atoms with E-state index in [1.165, 1.54) is 5.56 Å². The summed E-state index contributed by atoms with van der Waals surface area (Å²) in [5.74, 6) is 1.30. The quantitative estimate of drug-likeness (QED) is 0.922. The Morgan fingerprint density at radius 1 is 1.22 bits per heavy atom. The van der Waals surface area contributed by atoms with Crippen LogP contribution in [-0.2, 0) is 7.05 Å². The molecule has 2 amide bonds. The fraction of sp³-hybridized carbons (Fsp3) is 0.444. The van der Waals surface area contributed by atoms with Crippen LogP contribution in [0.5, 0.6) is 0 Å². The molecule has 1 aromatic heterocycles. The third kappa shape index (κ3) is 3.73. The second-order valence-corrected chi connectivity index (χ2v) is 6.25. The molecule has 1 aliphatic rings. The van der Waals surface area contributed by atoms with Gasteiger partial charge in [0, 0.05) is 26.2 Å². The number of hydrogen-bond donors (Lipinski definition) is 1. The number of urea groups is 1. The van der Waals surface area contributed by atoms with Crippen molar-refractivity contribution in [3.8, 4) is 0 Å².